The lowest BCUT2D eigenvalue weighted by molar-refractivity contribution is 0.252. The van der Waals surface area contributed by atoms with Crippen molar-refractivity contribution < 1.29 is 14.3 Å². The first kappa shape index (κ1) is 11.3. The lowest BCUT2D eigenvalue weighted by Gasteiger charge is -2.11. The molecule has 4 heteroatoms. The van der Waals surface area contributed by atoms with Crippen LogP contribution in [-0.4, -0.2) is 18.3 Å². The highest BCUT2D eigenvalue weighted by Gasteiger charge is 2.31. The van der Waals surface area contributed by atoms with Crippen LogP contribution >= 0.6 is 0 Å². The SMILES string of the molecule is CC1Cc2c(cc3c(c2CN=C=O)OC(C)C3)O1. The molecule has 3 rings (SSSR count). The normalized spacial score (nSPS) is 23.7. The van der Waals surface area contributed by atoms with Crippen molar-refractivity contribution in [2.24, 2.45) is 4.99 Å². The second-order valence-electron chi connectivity index (χ2n) is 4.99. The summed E-state index contributed by atoms with van der Waals surface area (Å²) in [5, 5.41) is 0. The van der Waals surface area contributed by atoms with Gasteiger partial charge in [-0.2, -0.15) is 0 Å². The minimum Gasteiger partial charge on any atom is -0.490 e. The molecule has 0 fully saturated rings. The van der Waals surface area contributed by atoms with Gasteiger partial charge in [0.05, 0.1) is 6.54 Å². The Hall–Kier alpha value is -1.80. The van der Waals surface area contributed by atoms with Crippen molar-refractivity contribution in [3.63, 3.8) is 0 Å². The Labute approximate surface area is 106 Å². The van der Waals surface area contributed by atoms with E-state index in [4.69, 9.17) is 9.47 Å². The first-order valence-corrected chi connectivity index (χ1v) is 6.23. The lowest BCUT2D eigenvalue weighted by Crippen LogP contribution is -2.07. The van der Waals surface area contributed by atoms with Gasteiger partial charge in [0, 0.05) is 29.5 Å². The number of rotatable bonds is 2. The smallest absolute Gasteiger partial charge is 0.235 e. The van der Waals surface area contributed by atoms with Gasteiger partial charge in [-0.05, 0) is 19.9 Å². The third-order valence-corrected chi connectivity index (χ3v) is 3.48. The van der Waals surface area contributed by atoms with Crippen LogP contribution in [0.25, 0.3) is 0 Å². The Morgan fingerprint density at radius 2 is 2.11 bits per heavy atom. The fourth-order valence-corrected chi connectivity index (χ4v) is 2.79. The van der Waals surface area contributed by atoms with Crippen molar-refractivity contribution in [1.29, 1.82) is 0 Å². The van der Waals surface area contributed by atoms with E-state index in [9.17, 15) is 4.79 Å². The average molecular weight is 245 g/mol. The standard InChI is InChI=1S/C14H15NO3/c1-8-3-10-5-13-11(4-9(2)17-13)12(6-15-7-16)14(10)18-8/h5,8-9H,3-4,6H2,1-2H3. The summed E-state index contributed by atoms with van der Waals surface area (Å²) < 4.78 is 11.6. The highest BCUT2D eigenvalue weighted by molar-refractivity contribution is 5.57. The van der Waals surface area contributed by atoms with Crippen LogP contribution in [0, 0.1) is 0 Å². The van der Waals surface area contributed by atoms with Crippen LogP contribution in [0.2, 0.25) is 0 Å². The van der Waals surface area contributed by atoms with E-state index in [-0.39, 0.29) is 12.2 Å². The van der Waals surface area contributed by atoms with Gasteiger partial charge in [0.25, 0.3) is 0 Å². The number of fused-ring (bicyclic) bond motifs is 2. The summed E-state index contributed by atoms with van der Waals surface area (Å²) in [6.45, 7) is 4.42. The molecule has 0 saturated heterocycles. The maximum Gasteiger partial charge on any atom is 0.235 e. The zero-order chi connectivity index (χ0) is 12.7. The lowest BCUT2D eigenvalue weighted by atomic mass is 9.98. The van der Waals surface area contributed by atoms with Crippen LogP contribution in [0.1, 0.15) is 30.5 Å². The van der Waals surface area contributed by atoms with E-state index in [0.29, 0.717) is 6.54 Å². The van der Waals surface area contributed by atoms with E-state index in [1.165, 1.54) is 0 Å². The molecule has 0 aromatic heterocycles. The Kier molecular flexibility index (Phi) is 2.60. The Morgan fingerprint density at radius 1 is 1.33 bits per heavy atom. The molecule has 4 nitrogen and oxygen atoms in total. The van der Waals surface area contributed by atoms with E-state index in [1.54, 1.807) is 6.08 Å². The second kappa shape index (κ2) is 4.14. The average Bonchev–Trinajstić information content (AvgIpc) is 2.85. The number of nitrogens with zero attached hydrogens (tertiary/aromatic N) is 1. The van der Waals surface area contributed by atoms with E-state index >= 15 is 0 Å². The fourth-order valence-electron chi connectivity index (χ4n) is 2.79. The van der Waals surface area contributed by atoms with Crippen molar-refractivity contribution in [2.45, 2.75) is 45.4 Å². The van der Waals surface area contributed by atoms with Gasteiger partial charge in [0.2, 0.25) is 6.08 Å². The van der Waals surface area contributed by atoms with Gasteiger partial charge in [0.15, 0.2) is 0 Å². The largest absolute Gasteiger partial charge is 0.490 e. The molecule has 0 aliphatic carbocycles. The molecular weight excluding hydrogens is 230 g/mol. The second-order valence-corrected chi connectivity index (χ2v) is 4.99. The van der Waals surface area contributed by atoms with Gasteiger partial charge >= 0.3 is 0 Å². The van der Waals surface area contributed by atoms with Crippen LogP contribution in [0.4, 0.5) is 0 Å². The van der Waals surface area contributed by atoms with Gasteiger partial charge in [-0.25, -0.2) is 9.79 Å². The van der Waals surface area contributed by atoms with Gasteiger partial charge in [-0.1, -0.05) is 0 Å². The van der Waals surface area contributed by atoms with Crippen molar-refractivity contribution in [2.75, 3.05) is 0 Å². The maximum absolute atomic E-state index is 10.3. The minimum absolute atomic E-state index is 0.180. The number of carbonyl (C=O) groups excluding carboxylic acids is 1. The predicted octanol–water partition coefficient (Wildman–Crippen LogP) is 2.17. The molecule has 0 N–H and O–H groups in total. The molecule has 0 amide bonds. The predicted molar refractivity (Wildman–Crippen MR) is 65.9 cm³/mol. The van der Waals surface area contributed by atoms with E-state index in [0.717, 1.165) is 41.0 Å². The first-order chi connectivity index (χ1) is 8.69. The Balaban J connectivity index is 2.12. The van der Waals surface area contributed by atoms with Crippen LogP contribution < -0.4 is 9.47 Å². The van der Waals surface area contributed by atoms with Crippen LogP contribution in [-0.2, 0) is 24.2 Å². The third-order valence-electron chi connectivity index (χ3n) is 3.48. The van der Waals surface area contributed by atoms with Crippen molar-refractivity contribution in [3.8, 4) is 11.5 Å². The Bertz CT molecular complexity index is 510. The fraction of sp³-hybridized carbons (Fsp3) is 0.500. The van der Waals surface area contributed by atoms with Crippen molar-refractivity contribution >= 4 is 6.08 Å². The molecule has 1 aromatic carbocycles. The number of hydrogen-bond donors (Lipinski definition) is 0. The summed E-state index contributed by atoms with van der Waals surface area (Å²) in [4.78, 5) is 14.0. The highest BCUT2D eigenvalue weighted by atomic mass is 16.5. The summed E-state index contributed by atoms with van der Waals surface area (Å²) >= 11 is 0. The summed E-state index contributed by atoms with van der Waals surface area (Å²) in [6, 6.07) is 2.08. The topological polar surface area (TPSA) is 47.9 Å². The van der Waals surface area contributed by atoms with Gasteiger partial charge in [-0.3, -0.25) is 0 Å². The maximum atomic E-state index is 10.3. The molecule has 2 aliphatic heterocycles. The molecule has 0 spiro atoms. The summed E-state index contributed by atoms with van der Waals surface area (Å²) in [5.41, 5.74) is 3.29. The van der Waals surface area contributed by atoms with Crippen LogP contribution in [0.15, 0.2) is 11.1 Å². The molecular formula is C14H15NO3. The van der Waals surface area contributed by atoms with E-state index in [2.05, 4.69) is 11.1 Å². The quantitative estimate of drug-likeness (QED) is 0.592. The molecule has 2 atom stereocenters. The van der Waals surface area contributed by atoms with E-state index < -0.39 is 0 Å². The summed E-state index contributed by atoms with van der Waals surface area (Å²) in [6.07, 6.45) is 3.70. The van der Waals surface area contributed by atoms with Gasteiger partial charge < -0.3 is 9.47 Å². The molecule has 1 aromatic rings. The zero-order valence-electron chi connectivity index (χ0n) is 10.5. The molecule has 2 heterocycles. The molecule has 0 saturated carbocycles. The first-order valence-electron chi connectivity index (χ1n) is 6.23. The molecule has 0 radical (unpaired) electrons. The highest BCUT2D eigenvalue weighted by Crippen LogP contribution is 2.43. The number of ether oxygens (including phenoxy) is 2. The summed E-state index contributed by atoms with van der Waals surface area (Å²) in [7, 11) is 0. The van der Waals surface area contributed by atoms with Gasteiger partial charge in [0.1, 0.15) is 23.7 Å². The monoisotopic (exact) mass is 245 g/mol. The summed E-state index contributed by atoms with van der Waals surface area (Å²) in [5.74, 6) is 1.83. The number of isocyanates is 1. The third kappa shape index (κ3) is 1.70. The Morgan fingerprint density at radius 3 is 2.89 bits per heavy atom. The number of aliphatic imine (C=N–C) groups is 1. The molecule has 2 unspecified atom stereocenters. The molecule has 18 heavy (non-hydrogen) atoms. The number of hydrogen-bond acceptors (Lipinski definition) is 4. The van der Waals surface area contributed by atoms with Crippen LogP contribution in [0.5, 0.6) is 11.5 Å². The molecule has 2 aliphatic rings. The molecule has 0 bridgehead atoms. The van der Waals surface area contributed by atoms with Crippen molar-refractivity contribution in [1.82, 2.24) is 0 Å². The number of benzene rings is 1. The molecule has 94 valence electrons. The minimum atomic E-state index is 0.180. The van der Waals surface area contributed by atoms with Crippen molar-refractivity contribution in [3.05, 3.63) is 22.8 Å². The zero-order valence-corrected chi connectivity index (χ0v) is 10.5. The van der Waals surface area contributed by atoms with Gasteiger partial charge in [-0.15, -0.1) is 0 Å². The van der Waals surface area contributed by atoms with E-state index in [1.807, 2.05) is 13.8 Å². The van der Waals surface area contributed by atoms with Crippen LogP contribution in [0.3, 0.4) is 0 Å².